The third-order valence-electron chi connectivity index (χ3n) is 6.14. The van der Waals surface area contributed by atoms with E-state index in [2.05, 4.69) is 32.0 Å². The predicted molar refractivity (Wildman–Crippen MR) is 120 cm³/mol. The Morgan fingerprint density at radius 1 is 1.22 bits per heavy atom. The van der Waals surface area contributed by atoms with Gasteiger partial charge >= 0.3 is 0 Å². The lowest BCUT2D eigenvalue weighted by Crippen LogP contribution is -2.44. The molecule has 0 radical (unpaired) electrons. The molecule has 4 heterocycles. The normalized spacial score (nSPS) is 15.9. The van der Waals surface area contributed by atoms with Gasteiger partial charge < -0.3 is 14.4 Å². The molecule has 1 aromatic carbocycles. The number of hydrogen-bond donors (Lipinski definition) is 1. The van der Waals surface area contributed by atoms with Gasteiger partial charge in [-0.25, -0.2) is 4.98 Å². The molecule has 9 heteroatoms. The van der Waals surface area contributed by atoms with Gasteiger partial charge in [0, 0.05) is 42.6 Å². The molecule has 1 amide bonds. The van der Waals surface area contributed by atoms with Gasteiger partial charge in [-0.15, -0.1) is 0 Å². The standard InChI is InChI=1S/C23H23ClN6O2/c1-23(22-28-21(32-29-22)17-4-2-3-11-25-17)9-12-30(13-10-23)20(31)8-7-19-26-16-6-5-15(24)14-18(16)27-19/h2-6,11,14H,7-10,12-13H2,1H3,(H,26,27). The van der Waals surface area contributed by atoms with Gasteiger partial charge in [-0.2, -0.15) is 4.98 Å². The molecule has 3 aromatic heterocycles. The summed E-state index contributed by atoms with van der Waals surface area (Å²) in [4.78, 5) is 31.3. The van der Waals surface area contributed by atoms with Crippen LogP contribution in [0.5, 0.6) is 0 Å². The van der Waals surface area contributed by atoms with E-state index in [9.17, 15) is 4.79 Å². The van der Waals surface area contributed by atoms with Crippen LogP contribution in [0.25, 0.3) is 22.6 Å². The molecule has 0 unspecified atom stereocenters. The molecule has 0 saturated carbocycles. The Balaban J connectivity index is 1.18. The monoisotopic (exact) mass is 450 g/mol. The lowest BCUT2D eigenvalue weighted by molar-refractivity contribution is -0.132. The zero-order valence-electron chi connectivity index (χ0n) is 17.7. The van der Waals surface area contributed by atoms with Gasteiger partial charge in [0.2, 0.25) is 5.91 Å². The first-order valence-corrected chi connectivity index (χ1v) is 11.1. The number of aromatic nitrogens is 5. The highest BCUT2D eigenvalue weighted by Gasteiger charge is 2.37. The number of benzene rings is 1. The van der Waals surface area contributed by atoms with E-state index in [-0.39, 0.29) is 11.3 Å². The number of aromatic amines is 1. The molecule has 1 aliphatic heterocycles. The number of amides is 1. The Labute approximate surface area is 190 Å². The Morgan fingerprint density at radius 3 is 2.84 bits per heavy atom. The number of nitrogens with one attached hydrogen (secondary N) is 1. The van der Waals surface area contributed by atoms with Gasteiger partial charge in [0.05, 0.1) is 11.0 Å². The van der Waals surface area contributed by atoms with E-state index >= 15 is 0 Å². The number of H-pyrrole nitrogens is 1. The molecule has 1 aliphatic rings. The Morgan fingerprint density at radius 2 is 2.06 bits per heavy atom. The summed E-state index contributed by atoms with van der Waals surface area (Å²) in [6, 6.07) is 11.1. The van der Waals surface area contributed by atoms with Crippen molar-refractivity contribution >= 4 is 28.5 Å². The molecule has 0 aliphatic carbocycles. The quantitative estimate of drug-likeness (QED) is 0.489. The van der Waals surface area contributed by atoms with Crippen LogP contribution in [-0.4, -0.2) is 49.0 Å². The van der Waals surface area contributed by atoms with Gasteiger partial charge in [0.15, 0.2) is 5.82 Å². The average Bonchev–Trinajstić information content (AvgIpc) is 3.46. The fourth-order valence-electron chi connectivity index (χ4n) is 4.07. The van der Waals surface area contributed by atoms with Gasteiger partial charge in [0.25, 0.3) is 5.89 Å². The Bertz CT molecular complexity index is 1240. The molecule has 1 fully saturated rings. The van der Waals surface area contributed by atoms with Crippen LogP contribution in [0.2, 0.25) is 5.02 Å². The van der Waals surface area contributed by atoms with Crippen molar-refractivity contribution < 1.29 is 9.32 Å². The van der Waals surface area contributed by atoms with Gasteiger partial charge in [0.1, 0.15) is 11.5 Å². The van der Waals surface area contributed by atoms with E-state index in [0.29, 0.717) is 48.4 Å². The maximum atomic E-state index is 12.8. The largest absolute Gasteiger partial charge is 0.343 e. The maximum absolute atomic E-state index is 12.8. The number of imidazole rings is 1. The Kier molecular flexibility index (Phi) is 5.38. The van der Waals surface area contributed by atoms with E-state index in [1.54, 1.807) is 6.20 Å². The van der Waals surface area contributed by atoms with Crippen molar-refractivity contribution in [3.63, 3.8) is 0 Å². The summed E-state index contributed by atoms with van der Waals surface area (Å²) in [5.41, 5.74) is 2.18. The van der Waals surface area contributed by atoms with Gasteiger partial charge in [-0.05, 0) is 43.2 Å². The lowest BCUT2D eigenvalue weighted by atomic mass is 9.79. The second-order valence-electron chi connectivity index (χ2n) is 8.42. The fourth-order valence-corrected chi connectivity index (χ4v) is 4.24. The molecule has 5 rings (SSSR count). The van der Waals surface area contributed by atoms with E-state index in [1.165, 1.54) is 0 Å². The highest BCUT2D eigenvalue weighted by Crippen LogP contribution is 2.34. The van der Waals surface area contributed by atoms with Crippen LogP contribution in [0, 0.1) is 0 Å². The average molecular weight is 451 g/mol. The SMILES string of the molecule is CC1(c2noc(-c3ccccn3)n2)CCN(C(=O)CCc2nc3ccc(Cl)cc3[nH]2)CC1. The fraction of sp³-hybridized carbons (Fsp3) is 0.348. The number of hydrogen-bond acceptors (Lipinski definition) is 6. The van der Waals surface area contributed by atoms with Crippen LogP contribution in [0.15, 0.2) is 47.1 Å². The molecule has 32 heavy (non-hydrogen) atoms. The molecule has 0 atom stereocenters. The number of nitrogens with zero attached hydrogens (tertiary/aromatic N) is 5. The van der Waals surface area contributed by atoms with Crippen molar-refractivity contribution in [3.05, 3.63) is 59.3 Å². The number of rotatable bonds is 5. The molecule has 4 aromatic rings. The van der Waals surface area contributed by atoms with Crippen LogP contribution in [0.3, 0.4) is 0 Å². The zero-order chi connectivity index (χ0) is 22.1. The highest BCUT2D eigenvalue weighted by molar-refractivity contribution is 6.31. The predicted octanol–water partition coefficient (Wildman–Crippen LogP) is 4.17. The summed E-state index contributed by atoms with van der Waals surface area (Å²) in [5, 5.41) is 4.87. The number of halogens is 1. The topological polar surface area (TPSA) is 101 Å². The summed E-state index contributed by atoms with van der Waals surface area (Å²) < 4.78 is 5.44. The second-order valence-corrected chi connectivity index (χ2v) is 8.86. The van der Waals surface area contributed by atoms with Crippen LogP contribution in [-0.2, 0) is 16.6 Å². The Hall–Kier alpha value is -3.26. The van der Waals surface area contributed by atoms with Crippen LogP contribution in [0.4, 0.5) is 0 Å². The molecule has 1 saturated heterocycles. The van der Waals surface area contributed by atoms with Crippen molar-refractivity contribution in [3.8, 4) is 11.6 Å². The number of aryl methyl sites for hydroxylation is 1. The molecule has 0 spiro atoms. The minimum atomic E-state index is -0.231. The molecule has 8 nitrogen and oxygen atoms in total. The smallest absolute Gasteiger partial charge is 0.276 e. The number of likely N-dealkylation sites (tertiary alicyclic amines) is 1. The number of fused-ring (bicyclic) bond motifs is 1. The van der Waals surface area contributed by atoms with E-state index in [0.717, 1.165) is 29.7 Å². The minimum Gasteiger partial charge on any atom is -0.343 e. The first-order chi connectivity index (χ1) is 15.5. The van der Waals surface area contributed by atoms with Crippen LogP contribution >= 0.6 is 11.6 Å². The third-order valence-corrected chi connectivity index (χ3v) is 6.37. The van der Waals surface area contributed by atoms with E-state index in [1.807, 2.05) is 41.3 Å². The summed E-state index contributed by atoms with van der Waals surface area (Å²) in [6.45, 7) is 3.46. The van der Waals surface area contributed by atoms with Crippen molar-refractivity contribution in [2.75, 3.05) is 13.1 Å². The minimum absolute atomic E-state index is 0.132. The first-order valence-electron chi connectivity index (χ1n) is 10.7. The molecule has 1 N–H and O–H groups in total. The maximum Gasteiger partial charge on any atom is 0.276 e. The van der Waals surface area contributed by atoms with Gasteiger partial charge in [-0.3, -0.25) is 9.78 Å². The highest BCUT2D eigenvalue weighted by atomic mass is 35.5. The summed E-state index contributed by atoms with van der Waals surface area (Å²) in [7, 11) is 0. The lowest BCUT2D eigenvalue weighted by Gasteiger charge is -2.37. The number of pyridine rings is 1. The van der Waals surface area contributed by atoms with E-state index < -0.39 is 0 Å². The molecule has 0 bridgehead atoms. The summed E-state index contributed by atoms with van der Waals surface area (Å²) in [5.74, 6) is 2.03. The number of piperidine rings is 1. The van der Waals surface area contributed by atoms with Crippen molar-refractivity contribution in [1.29, 1.82) is 0 Å². The van der Waals surface area contributed by atoms with Crippen molar-refractivity contribution in [1.82, 2.24) is 30.0 Å². The third kappa shape index (κ3) is 4.10. The molecular formula is C23H23ClN6O2. The number of carbonyl (C=O) groups excluding carboxylic acids is 1. The van der Waals surface area contributed by atoms with Crippen molar-refractivity contribution in [2.24, 2.45) is 0 Å². The second kappa shape index (κ2) is 8.35. The zero-order valence-corrected chi connectivity index (χ0v) is 18.5. The van der Waals surface area contributed by atoms with Crippen LogP contribution < -0.4 is 0 Å². The summed E-state index contributed by atoms with van der Waals surface area (Å²) in [6.07, 6.45) is 4.24. The first kappa shape index (κ1) is 20.6. The van der Waals surface area contributed by atoms with Gasteiger partial charge in [-0.1, -0.05) is 29.7 Å². The summed E-state index contributed by atoms with van der Waals surface area (Å²) >= 11 is 6.03. The van der Waals surface area contributed by atoms with Crippen LogP contribution in [0.1, 0.15) is 37.8 Å². The molecular weight excluding hydrogens is 428 g/mol. The number of carbonyl (C=O) groups is 1. The molecule has 164 valence electrons. The van der Waals surface area contributed by atoms with E-state index in [4.69, 9.17) is 16.1 Å². The van der Waals surface area contributed by atoms with Crippen molar-refractivity contribution in [2.45, 2.75) is 38.0 Å².